The number of nitrogens with one attached hydrogen (secondary N) is 1. The van der Waals surface area contributed by atoms with Crippen LogP contribution in [0.25, 0.3) is 0 Å². The number of nitrogens with zero attached hydrogens (tertiary/aromatic N) is 2. The molecule has 2 fully saturated rings. The lowest BCUT2D eigenvalue weighted by atomic mass is 9.95. The zero-order chi connectivity index (χ0) is 13.1. The lowest BCUT2D eigenvalue weighted by molar-refractivity contribution is 0.160. The molecule has 0 unspecified atom stereocenters. The summed E-state index contributed by atoms with van der Waals surface area (Å²) < 4.78 is 0. The van der Waals surface area contributed by atoms with Crippen molar-refractivity contribution in [1.29, 1.82) is 5.26 Å². The smallest absolute Gasteiger partial charge is 0.0995 e. The normalized spacial score (nSPS) is 21.8. The number of hydrogen-bond acceptors (Lipinski definition) is 3. The Labute approximate surface area is 115 Å². The third-order valence-electron chi connectivity index (χ3n) is 4.29. The Hall–Kier alpha value is -1.37. The summed E-state index contributed by atoms with van der Waals surface area (Å²) >= 11 is 0. The minimum atomic E-state index is 0.436. The van der Waals surface area contributed by atoms with Crippen LogP contribution in [0.3, 0.4) is 0 Å². The van der Waals surface area contributed by atoms with E-state index in [9.17, 15) is 5.26 Å². The van der Waals surface area contributed by atoms with E-state index in [1.807, 2.05) is 12.1 Å². The summed E-state index contributed by atoms with van der Waals surface area (Å²) in [5.41, 5.74) is 2.09. The van der Waals surface area contributed by atoms with Gasteiger partial charge in [0.2, 0.25) is 0 Å². The summed E-state index contributed by atoms with van der Waals surface area (Å²) in [7, 11) is 0. The fourth-order valence-electron chi connectivity index (χ4n) is 3.03. The third kappa shape index (κ3) is 2.97. The van der Waals surface area contributed by atoms with E-state index < -0.39 is 0 Å². The van der Waals surface area contributed by atoms with Gasteiger partial charge in [-0.25, -0.2) is 0 Å². The van der Waals surface area contributed by atoms with Crippen molar-refractivity contribution in [3.8, 4) is 6.07 Å². The second-order valence-electron chi connectivity index (χ2n) is 5.68. The van der Waals surface area contributed by atoms with Crippen LogP contribution in [0.1, 0.15) is 36.4 Å². The highest BCUT2D eigenvalue weighted by Crippen LogP contribution is 2.40. The molecule has 1 N–H and O–H groups in total. The van der Waals surface area contributed by atoms with Crippen molar-refractivity contribution in [2.45, 2.75) is 25.3 Å². The minimum Gasteiger partial charge on any atom is -0.314 e. The molecule has 0 amide bonds. The van der Waals surface area contributed by atoms with Gasteiger partial charge in [-0.05, 0) is 24.0 Å². The van der Waals surface area contributed by atoms with Gasteiger partial charge in [-0.1, -0.05) is 31.0 Å². The first-order valence-electron chi connectivity index (χ1n) is 7.32. The summed E-state index contributed by atoms with van der Waals surface area (Å²) in [5, 5.41) is 12.7. The molecule has 1 atom stereocenters. The van der Waals surface area contributed by atoms with E-state index >= 15 is 0 Å². The fraction of sp³-hybridized carbons (Fsp3) is 0.562. The van der Waals surface area contributed by atoms with Gasteiger partial charge in [-0.2, -0.15) is 5.26 Å². The van der Waals surface area contributed by atoms with Crippen molar-refractivity contribution < 1.29 is 0 Å². The van der Waals surface area contributed by atoms with Crippen molar-refractivity contribution in [2.75, 3.05) is 26.2 Å². The average molecular weight is 255 g/mol. The standard InChI is InChI=1S/C16H21N3/c17-12-14-3-1-2-4-15(14)16(11-13-5-6-13)19-9-7-18-8-10-19/h1-4,13,16,18H,5-11H2/t16-/m0/s1. The topological polar surface area (TPSA) is 39.1 Å². The first kappa shape index (κ1) is 12.7. The third-order valence-corrected chi connectivity index (χ3v) is 4.29. The zero-order valence-electron chi connectivity index (χ0n) is 11.3. The molecule has 1 aromatic carbocycles. The first-order valence-corrected chi connectivity index (χ1v) is 7.32. The fourth-order valence-corrected chi connectivity index (χ4v) is 3.03. The SMILES string of the molecule is N#Cc1ccccc1[C@H](CC1CC1)N1CCNCC1. The molecule has 3 rings (SSSR count). The maximum Gasteiger partial charge on any atom is 0.0995 e. The van der Waals surface area contributed by atoms with Crippen molar-refractivity contribution in [3.63, 3.8) is 0 Å². The zero-order valence-corrected chi connectivity index (χ0v) is 11.3. The second kappa shape index (κ2) is 5.73. The lowest BCUT2D eigenvalue weighted by Crippen LogP contribution is -2.45. The van der Waals surface area contributed by atoms with Gasteiger partial charge in [0.25, 0.3) is 0 Å². The molecule has 3 nitrogen and oxygen atoms in total. The maximum atomic E-state index is 9.33. The molecule has 1 aliphatic heterocycles. The van der Waals surface area contributed by atoms with Crippen LogP contribution in [0.4, 0.5) is 0 Å². The van der Waals surface area contributed by atoms with Crippen LogP contribution in [-0.2, 0) is 0 Å². The van der Waals surface area contributed by atoms with Crippen molar-refractivity contribution in [2.24, 2.45) is 5.92 Å². The number of nitriles is 1. The van der Waals surface area contributed by atoms with Crippen LogP contribution >= 0.6 is 0 Å². The Morgan fingerprint density at radius 3 is 2.68 bits per heavy atom. The molecule has 0 spiro atoms. The average Bonchev–Trinajstić information content (AvgIpc) is 3.30. The molecule has 1 saturated carbocycles. The largest absolute Gasteiger partial charge is 0.314 e. The minimum absolute atomic E-state index is 0.436. The van der Waals surface area contributed by atoms with Gasteiger partial charge >= 0.3 is 0 Å². The van der Waals surface area contributed by atoms with E-state index in [-0.39, 0.29) is 0 Å². The highest BCUT2D eigenvalue weighted by molar-refractivity contribution is 5.39. The molecule has 3 heteroatoms. The van der Waals surface area contributed by atoms with Gasteiger partial charge in [0, 0.05) is 32.2 Å². The summed E-state index contributed by atoms with van der Waals surface area (Å²) in [5.74, 6) is 0.881. The van der Waals surface area contributed by atoms with E-state index in [1.165, 1.54) is 24.8 Å². The Kier molecular flexibility index (Phi) is 3.82. The van der Waals surface area contributed by atoms with Crippen LogP contribution in [0, 0.1) is 17.2 Å². The van der Waals surface area contributed by atoms with Crippen LogP contribution in [0.5, 0.6) is 0 Å². The quantitative estimate of drug-likeness (QED) is 0.897. The van der Waals surface area contributed by atoms with Crippen molar-refractivity contribution >= 4 is 0 Å². The van der Waals surface area contributed by atoms with E-state index in [0.717, 1.165) is 37.7 Å². The Morgan fingerprint density at radius 2 is 2.00 bits per heavy atom. The lowest BCUT2D eigenvalue weighted by Gasteiger charge is -2.35. The second-order valence-corrected chi connectivity index (χ2v) is 5.68. The van der Waals surface area contributed by atoms with Gasteiger partial charge in [0.1, 0.15) is 0 Å². The van der Waals surface area contributed by atoms with Gasteiger partial charge in [0.05, 0.1) is 11.6 Å². The molecule has 0 bridgehead atoms. The van der Waals surface area contributed by atoms with E-state index in [4.69, 9.17) is 0 Å². The van der Waals surface area contributed by atoms with Crippen molar-refractivity contribution in [1.82, 2.24) is 10.2 Å². The molecular formula is C16H21N3. The molecule has 1 aliphatic carbocycles. The number of benzene rings is 1. The molecular weight excluding hydrogens is 234 g/mol. The monoisotopic (exact) mass is 255 g/mol. The van der Waals surface area contributed by atoms with E-state index in [2.05, 4.69) is 28.4 Å². The summed E-state index contributed by atoms with van der Waals surface area (Å²) in [6, 6.07) is 10.9. The Balaban J connectivity index is 1.86. The molecule has 0 aromatic heterocycles. The highest BCUT2D eigenvalue weighted by Gasteiger charge is 2.31. The van der Waals surface area contributed by atoms with Crippen LogP contribution in [0.2, 0.25) is 0 Å². The summed E-state index contributed by atoms with van der Waals surface area (Å²) in [4.78, 5) is 2.56. The van der Waals surface area contributed by atoms with Gasteiger partial charge in [-0.15, -0.1) is 0 Å². The highest BCUT2D eigenvalue weighted by atomic mass is 15.2. The Bertz CT molecular complexity index is 467. The van der Waals surface area contributed by atoms with E-state index in [0.29, 0.717) is 6.04 Å². The predicted octanol–water partition coefficient (Wildman–Crippen LogP) is 2.30. The molecule has 1 saturated heterocycles. The number of rotatable bonds is 4. The van der Waals surface area contributed by atoms with Gasteiger partial charge in [-0.3, -0.25) is 4.90 Å². The summed E-state index contributed by atoms with van der Waals surface area (Å²) in [6.07, 6.45) is 3.97. The van der Waals surface area contributed by atoms with Crippen molar-refractivity contribution in [3.05, 3.63) is 35.4 Å². The molecule has 1 aromatic rings. The summed E-state index contributed by atoms with van der Waals surface area (Å²) in [6.45, 7) is 4.32. The Morgan fingerprint density at radius 1 is 1.26 bits per heavy atom. The van der Waals surface area contributed by atoms with Crippen LogP contribution < -0.4 is 5.32 Å². The molecule has 2 aliphatic rings. The van der Waals surface area contributed by atoms with Crippen LogP contribution in [0.15, 0.2) is 24.3 Å². The maximum absolute atomic E-state index is 9.33. The molecule has 0 radical (unpaired) electrons. The first-order chi connectivity index (χ1) is 9.38. The number of piperazine rings is 1. The van der Waals surface area contributed by atoms with Gasteiger partial charge < -0.3 is 5.32 Å². The van der Waals surface area contributed by atoms with Crippen LogP contribution in [-0.4, -0.2) is 31.1 Å². The van der Waals surface area contributed by atoms with E-state index in [1.54, 1.807) is 0 Å². The number of hydrogen-bond donors (Lipinski definition) is 1. The molecule has 100 valence electrons. The molecule has 19 heavy (non-hydrogen) atoms. The predicted molar refractivity (Wildman–Crippen MR) is 75.7 cm³/mol. The van der Waals surface area contributed by atoms with Gasteiger partial charge in [0.15, 0.2) is 0 Å². The molecule has 1 heterocycles.